The summed E-state index contributed by atoms with van der Waals surface area (Å²) in [5, 5.41) is 3.62. The number of ketones is 1. The van der Waals surface area contributed by atoms with Crippen LogP contribution in [0.15, 0.2) is 24.4 Å². The Morgan fingerprint density at radius 1 is 1.33 bits per heavy atom. The van der Waals surface area contributed by atoms with Gasteiger partial charge >= 0.3 is 0 Å². The fourth-order valence-corrected chi connectivity index (χ4v) is 2.22. The second-order valence-electron chi connectivity index (χ2n) is 3.94. The molecule has 2 rings (SSSR count). The number of hydrogen-bond donors (Lipinski definition) is 1. The Morgan fingerprint density at radius 3 is 2.76 bits per heavy atom. The van der Waals surface area contributed by atoms with Crippen molar-refractivity contribution in [1.29, 1.82) is 0 Å². The van der Waals surface area contributed by atoms with Crippen molar-refractivity contribution >= 4 is 46.4 Å². The molecular formula is C13H10Cl3N3O2. The van der Waals surface area contributed by atoms with Crippen LogP contribution in [0.5, 0.6) is 5.75 Å². The van der Waals surface area contributed by atoms with Crippen molar-refractivity contribution in [3.8, 4) is 5.75 Å². The first-order valence-electron chi connectivity index (χ1n) is 5.82. The van der Waals surface area contributed by atoms with Gasteiger partial charge in [0.2, 0.25) is 11.1 Å². The number of aromatic nitrogens is 2. The molecule has 0 radical (unpaired) electrons. The van der Waals surface area contributed by atoms with Gasteiger partial charge in [0, 0.05) is 17.6 Å². The summed E-state index contributed by atoms with van der Waals surface area (Å²) >= 11 is 17.4. The molecule has 0 aliphatic carbocycles. The van der Waals surface area contributed by atoms with Crippen molar-refractivity contribution in [2.75, 3.05) is 19.0 Å². The van der Waals surface area contributed by atoms with Crippen LogP contribution in [0.1, 0.15) is 10.4 Å². The first kappa shape index (κ1) is 15.8. The van der Waals surface area contributed by atoms with Crippen LogP contribution in [0.4, 0.5) is 5.82 Å². The van der Waals surface area contributed by atoms with E-state index in [-0.39, 0.29) is 22.7 Å². The summed E-state index contributed by atoms with van der Waals surface area (Å²) in [6, 6.07) is 4.64. The molecule has 0 saturated heterocycles. The van der Waals surface area contributed by atoms with Crippen molar-refractivity contribution in [2.24, 2.45) is 0 Å². The SMILES string of the molecule is CNc1nc(Cl)ncc1OCC(=O)c1ccc(Cl)cc1Cl. The maximum absolute atomic E-state index is 12.1. The van der Waals surface area contributed by atoms with Gasteiger partial charge in [-0.3, -0.25) is 4.79 Å². The number of halogens is 3. The Morgan fingerprint density at radius 2 is 2.10 bits per heavy atom. The van der Waals surface area contributed by atoms with Crippen molar-refractivity contribution in [1.82, 2.24) is 9.97 Å². The molecule has 0 fully saturated rings. The van der Waals surface area contributed by atoms with Gasteiger partial charge in [-0.25, -0.2) is 4.98 Å². The number of nitrogens with one attached hydrogen (secondary N) is 1. The van der Waals surface area contributed by atoms with Crippen molar-refractivity contribution in [2.45, 2.75) is 0 Å². The summed E-state index contributed by atoms with van der Waals surface area (Å²) in [5.41, 5.74) is 0.335. The molecule has 0 atom stereocenters. The molecule has 1 aromatic carbocycles. The molecule has 1 aromatic heterocycles. The lowest BCUT2D eigenvalue weighted by Gasteiger charge is -2.10. The van der Waals surface area contributed by atoms with Gasteiger partial charge in [0.15, 0.2) is 18.2 Å². The minimum Gasteiger partial charge on any atom is -0.480 e. The molecule has 1 heterocycles. The number of carbonyl (C=O) groups excluding carboxylic acids is 1. The fraction of sp³-hybridized carbons (Fsp3) is 0.154. The van der Waals surface area contributed by atoms with Gasteiger partial charge in [-0.15, -0.1) is 0 Å². The average Bonchev–Trinajstić information content (AvgIpc) is 2.45. The summed E-state index contributed by atoms with van der Waals surface area (Å²) in [5.74, 6) is 0.430. The van der Waals surface area contributed by atoms with E-state index in [2.05, 4.69) is 15.3 Å². The zero-order valence-electron chi connectivity index (χ0n) is 10.9. The van der Waals surface area contributed by atoms with E-state index < -0.39 is 0 Å². The van der Waals surface area contributed by atoms with Gasteiger partial charge in [0.1, 0.15) is 0 Å². The number of rotatable bonds is 5. The molecule has 0 saturated carbocycles. The molecule has 0 aliphatic heterocycles. The maximum atomic E-state index is 12.1. The second kappa shape index (κ2) is 6.93. The largest absolute Gasteiger partial charge is 0.480 e. The fourth-order valence-electron chi connectivity index (χ4n) is 1.57. The normalized spacial score (nSPS) is 10.3. The van der Waals surface area contributed by atoms with Gasteiger partial charge in [-0.05, 0) is 29.8 Å². The van der Waals surface area contributed by atoms with Crippen LogP contribution in [0.3, 0.4) is 0 Å². The van der Waals surface area contributed by atoms with E-state index in [1.54, 1.807) is 19.2 Å². The average molecular weight is 347 g/mol. The summed E-state index contributed by atoms with van der Waals surface area (Å²) in [7, 11) is 1.66. The van der Waals surface area contributed by atoms with Crippen LogP contribution in [0.25, 0.3) is 0 Å². The number of anilines is 1. The third-order valence-corrected chi connectivity index (χ3v) is 3.28. The number of nitrogens with zero attached hydrogens (tertiary/aromatic N) is 2. The van der Waals surface area contributed by atoms with Crippen LogP contribution < -0.4 is 10.1 Å². The van der Waals surface area contributed by atoms with Crippen LogP contribution in [-0.4, -0.2) is 29.4 Å². The molecule has 0 spiro atoms. The smallest absolute Gasteiger partial charge is 0.224 e. The first-order chi connectivity index (χ1) is 10.0. The number of benzene rings is 1. The predicted molar refractivity (Wildman–Crippen MR) is 82.9 cm³/mol. The highest BCUT2D eigenvalue weighted by atomic mass is 35.5. The summed E-state index contributed by atoms with van der Waals surface area (Å²) < 4.78 is 5.40. The molecule has 8 heteroatoms. The lowest BCUT2D eigenvalue weighted by atomic mass is 10.1. The topological polar surface area (TPSA) is 64.1 Å². The highest BCUT2D eigenvalue weighted by Crippen LogP contribution is 2.24. The number of hydrogen-bond acceptors (Lipinski definition) is 5. The maximum Gasteiger partial charge on any atom is 0.224 e. The molecule has 0 amide bonds. The highest BCUT2D eigenvalue weighted by Gasteiger charge is 2.13. The molecule has 5 nitrogen and oxygen atoms in total. The molecule has 0 bridgehead atoms. The summed E-state index contributed by atoms with van der Waals surface area (Å²) in [6.07, 6.45) is 1.39. The molecule has 1 N–H and O–H groups in total. The highest BCUT2D eigenvalue weighted by molar-refractivity contribution is 6.36. The summed E-state index contributed by atoms with van der Waals surface area (Å²) in [6.45, 7) is -0.207. The minimum absolute atomic E-state index is 0.0822. The van der Waals surface area contributed by atoms with Crippen LogP contribution in [0.2, 0.25) is 15.3 Å². The minimum atomic E-state index is -0.284. The molecule has 110 valence electrons. The van der Waals surface area contributed by atoms with Crippen LogP contribution >= 0.6 is 34.8 Å². The van der Waals surface area contributed by atoms with Crippen LogP contribution in [-0.2, 0) is 0 Å². The van der Waals surface area contributed by atoms with E-state index in [9.17, 15) is 4.79 Å². The standard InChI is InChI=1S/C13H10Cl3N3O2/c1-17-12-11(5-18-13(16)19-12)21-6-10(20)8-3-2-7(14)4-9(8)15/h2-5H,6H2,1H3,(H,17,18,19). The van der Waals surface area contributed by atoms with Crippen molar-refractivity contribution in [3.05, 3.63) is 45.3 Å². The Labute approximate surface area is 136 Å². The first-order valence-corrected chi connectivity index (χ1v) is 6.96. The quantitative estimate of drug-likeness (QED) is 0.660. The van der Waals surface area contributed by atoms with E-state index in [4.69, 9.17) is 39.5 Å². The zero-order chi connectivity index (χ0) is 15.4. The van der Waals surface area contributed by atoms with E-state index in [1.807, 2.05) is 0 Å². The number of ether oxygens (including phenoxy) is 1. The zero-order valence-corrected chi connectivity index (χ0v) is 13.1. The third-order valence-electron chi connectivity index (χ3n) is 2.55. The van der Waals surface area contributed by atoms with E-state index in [1.165, 1.54) is 12.3 Å². The lowest BCUT2D eigenvalue weighted by Crippen LogP contribution is -2.13. The Bertz CT molecular complexity index is 680. The predicted octanol–water partition coefficient (Wildman–Crippen LogP) is 3.74. The van der Waals surface area contributed by atoms with E-state index >= 15 is 0 Å². The molecule has 0 aliphatic rings. The third kappa shape index (κ3) is 3.97. The van der Waals surface area contributed by atoms with Gasteiger partial charge in [0.25, 0.3) is 0 Å². The molecule has 0 unspecified atom stereocenters. The number of Topliss-reactive ketones (excluding diaryl/α,β-unsaturated/α-hetero) is 1. The lowest BCUT2D eigenvalue weighted by molar-refractivity contribution is 0.0922. The second-order valence-corrected chi connectivity index (χ2v) is 5.12. The van der Waals surface area contributed by atoms with Gasteiger partial charge in [-0.1, -0.05) is 23.2 Å². The van der Waals surface area contributed by atoms with E-state index in [0.717, 1.165) is 0 Å². The molecular weight excluding hydrogens is 337 g/mol. The van der Waals surface area contributed by atoms with Gasteiger partial charge < -0.3 is 10.1 Å². The summed E-state index contributed by atoms with van der Waals surface area (Å²) in [4.78, 5) is 19.8. The van der Waals surface area contributed by atoms with Gasteiger partial charge in [-0.2, -0.15) is 4.98 Å². The van der Waals surface area contributed by atoms with Crippen molar-refractivity contribution < 1.29 is 9.53 Å². The van der Waals surface area contributed by atoms with Crippen molar-refractivity contribution in [3.63, 3.8) is 0 Å². The Hall–Kier alpha value is -1.56. The molecule has 21 heavy (non-hydrogen) atoms. The Kier molecular flexibility index (Phi) is 5.22. The van der Waals surface area contributed by atoms with Gasteiger partial charge in [0.05, 0.1) is 11.2 Å². The number of carbonyl (C=O) groups is 1. The van der Waals surface area contributed by atoms with Crippen LogP contribution in [0, 0.1) is 0 Å². The molecule has 2 aromatic rings. The van der Waals surface area contributed by atoms with E-state index in [0.29, 0.717) is 22.2 Å². The Balaban J connectivity index is 2.11. The monoisotopic (exact) mass is 345 g/mol.